The maximum Gasteiger partial charge on any atom is 0.242 e. The summed E-state index contributed by atoms with van der Waals surface area (Å²) in [6.07, 6.45) is 2.24. The minimum Gasteiger partial charge on any atom is -0.308 e. The number of aromatic nitrogens is 2. The van der Waals surface area contributed by atoms with E-state index in [0.717, 1.165) is 13.0 Å². The Balaban J connectivity index is 2.10. The first-order valence-electron chi connectivity index (χ1n) is 5.30. The Kier molecular flexibility index (Phi) is 3.81. The third kappa shape index (κ3) is 2.68. The van der Waals surface area contributed by atoms with Crippen molar-refractivity contribution in [3.05, 3.63) is 16.5 Å². The van der Waals surface area contributed by atoms with Crippen LogP contribution in [-0.2, 0) is 4.79 Å². The van der Waals surface area contributed by atoms with Crippen LogP contribution < -0.4 is 10.6 Å². The molecule has 1 aromatic rings. The van der Waals surface area contributed by atoms with E-state index in [-0.39, 0.29) is 27.9 Å². The minimum atomic E-state index is -0.209. The quantitative estimate of drug-likeness (QED) is 0.806. The number of anilines is 1. The molecule has 2 atom stereocenters. The maximum absolute atomic E-state index is 12.0. The summed E-state index contributed by atoms with van der Waals surface area (Å²) in [4.78, 5) is 19.6. The van der Waals surface area contributed by atoms with Crippen LogP contribution in [0.25, 0.3) is 0 Å². The van der Waals surface area contributed by atoms with Crippen molar-refractivity contribution in [1.82, 2.24) is 15.3 Å². The number of nitrogens with one attached hydrogen (secondary N) is 2. The number of carbonyl (C=O) groups excluding carboxylic acids is 1. The lowest BCUT2D eigenvalue weighted by molar-refractivity contribution is -0.118. The largest absolute Gasteiger partial charge is 0.308 e. The van der Waals surface area contributed by atoms with Gasteiger partial charge >= 0.3 is 0 Å². The van der Waals surface area contributed by atoms with E-state index in [4.69, 9.17) is 23.2 Å². The van der Waals surface area contributed by atoms with Gasteiger partial charge in [-0.3, -0.25) is 4.79 Å². The standard InChI is InChI=1S/C10H12Cl2N4O/c1-5-2-3-13-7(5)10(17)16-9-6(11)8(12)14-4-15-9/h4-5,7,13H,2-3H2,1H3,(H,14,15,16,17). The SMILES string of the molecule is CC1CCNC1C(=O)Nc1ncnc(Cl)c1Cl. The van der Waals surface area contributed by atoms with Gasteiger partial charge in [-0.2, -0.15) is 0 Å². The van der Waals surface area contributed by atoms with E-state index in [2.05, 4.69) is 20.6 Å². The normalized spacial score (nSPS) is 23.7. The van der Waals surface area contributed by atoms with Crippen molar-refractivity contribution in [2.45, 2.75) is 19.4 Å². The summed E-state index contributed by atoms with van der Waals surface area (Å²) in [7, 11) is 0. The third-order valence-corrected chi connectivity index (χ3v) is 3.55. The fraction of sp³-hybridized carbons (Fsp3) is 0.500. The van der Waals surface area contributed by atoms with Crippen molar-refractivity contribution < 1.29 is 4.79 Å². The molecule has 0 bridgehead atoms. The maximum atomic E-state index is 12.0. The van der Waals surface area contributed by atoms with Crippen molar-refractivity contribution in [1.29, 1.82) is 0 Å². The van der Waals surface area contributed by atoms with Crippen LogP contribution in [0.15, 0.2) is 6.33 Å². The molecule has 2 heterocycles. The molecular formula is C10H12Cl2N4O. The van der Waals surface area contributed by atoms with Gasteiger partial charge in [0.15, 0.2) is 11.0 Å². The zero-order chi connectivity index (χ0) is 12.4. The highest BCUT2D eigenvalue weighted by Crippen LogP contribution is 2.26. The molecule has 0 aliphatic carbocycles. The van der Waals surface area contributed by atoms with Crippen LogP contribution >= 0.6 is 23.2 Å². The van der Waals surface area contributed by atoms with E-state index >= 15 is 0 Å². The monoisotopic (exact) mass is 274 g/mol. The van der Waals surface area contributed by atoms with Gasteiger partial charge in [0.05, 0.1) is 6.04 Å². The smallest absolute Gasteiger partial charge is 0.242 e. The number of halogens is 2. The topological polar surface area (TPSA) is 66.9 Å². The summed E-state index contributed by atoms with van der Waals surface area (Å²) in [6.45, 7) is 2.87. The first kappa shape index (κ1) is 12.5. The molecule has 2 rings (SSSR count). The van der Waals surface area contributed by atoms with Crippen LogP contribution in [0.2, 0.25) is 10.2 Å². The number of rotatable bonds is 2. The van der Waals surface area contributed by atoms with E-state index in [0.29, 0.717) is 5.92 Å². The Morgan fingerprint density at radius 1 is 1.53 bits per heavy atom. The second kappa shape index (κ2) is 5.16. The molecule has 92 valence electrons. The van der Waals surface area contributed by atoms with Crippen LogP contribution in [-0.4, -0.2) is 28.5 Å². The third-order valence-electron chi connectivity index (χ3n) is 2.80. The Morgan fingerprint density at radius 2 is 2.29 bits per heavy atom. The van der Waals surface area contributed by atoms with Crippen LogP contribution in [0.5, 0.6) is 0 Å². The molecule has 0 saturated carbocycles. The van der Waals surface area contributed by atoms with Crippen LogP contribution in [0.1, 0.15) is 13.3 Å². The molecular weight excluding hydrogens is 263 g/mol. The van der Waals surface area contributed by atoms with Crippen molar-refractivity contribution in [3.8, 4) is 0 Å². The Labute approximate surface area is 109 Å². The molecule has 1 aliphatic heterocycles. The average Bonchev–Trinajstić information content (AvgIpc) is 2.71. The van der Waals surface area contributed by atoms with Crippen molar-refractivity contribution >= 4 is 34.9 Å². The Morgan fingerprint density at radius 3 is 2.94 bits per heavy atom. The van der Waals surface area contributed by atoms with Gasteiger partial charge in [-0.05, 0) is 18.9 Å². The lowest BCUT2D eigenvalue weighted by Gasteiger charge is -2.15. The summed E-state index contributed by atoms with van der Waals surface area (Å²) in [6, 6.07) is -0.209. The Bertz CT molecular complexity index is 440. The van der Waals surface area contributed by atoms with Gasteiger partial charge in [0.1, 0.15) is 11.3 Å². The molecule has 5 nitrogen and oxygen atoms in total. The fourth-order valence-corrected chi connectivity index (χ4v) is 2.09. The lowest BCUT2D eigenvalue weighted by atomic mass is 10.0. The molecule has 17 heavy (non-hydrogen) atoms. The molecule has 0 radical (unpaired) electrons. The van der Waals surface area contributed by atoms with Crippen molar-refractivity contribution in [2.75, 3.05) is 11.9 Å². The predicted molar refractivity (Wildman–Crippen MR) is 66.3 cm³/mol. The van der Waals surface area contributed by atoms with Gasteiger partial charge in [-0.25, -0.2) is 9.97 Å². The summed E-state index contributed by atoms with van der Waals surface area (Å²) < 4.78 is 0. The van der Waals surface area contributed by atoms with Gasteiger partial charge in [0.2, 0.25) is 5.91 Å². The van der Waals surface area contributed by atoms with Crippen LogP contribution in [0, 0.1) is 5.92 Å². The molecule has 1 saturated heterocycles. The van der Waals surface area contributed by atoms with Gasteiger partial charge < -0.3 is 10.6 Å². The zero-order valence-electron chi connectivity index (χ0n) is 9.20. The Hall–Kier alpha value is -0.910. The molecule has 1 aliphatic rings. The number of hydrogen-bond donors (Lipinski definition) is 2. The number of carbonyl (C=O) groups is 1. The van der Waals surface area contributed by atoms with Crippen LogP contribution in [0.4, 0.5) is 5.82 Å². The highest BCUT2D eigenvalue weighted by Gasteiger charge is 2.29. The van der Waals surface area contributed by atoms with E-state index < -0.39 is 0 Å². The molecule has 7 heteroatoms. The van der Waals surface area contributed by atoms with Gasteiger partial charge in [-0.15, -0.1) is 0 Å². The van der Waals surface area contributed by atoms with E-state index in [1.54, 1.807) is 0 Å². The fourth-order valence-electron chi connectivity index (χ4n) is 1.82. The number of amides is 1. The molecule has 2 unspecified atom stereocenters. The molecule has 1 fully saturated rings. The van der Waals surface area contributed by atoms with Crippen molar-refractivity contribution in [3.63, 3.8) is 0 Å². The summed E-state index contributed by atoms with van der Waals surface area (Å²) in [5.74, 6) is 0.398. The van der Waals surface area contributed by atoms with E-state index in [9.17, 15) is 4.79 Å². The highest BCUT2D eigenvalue weighted by atomic mass is 35.5. The lowest BCUT2D eigenvalue weighted by Crippen LogP contribution is -2.39. The summed E-state index contributed by atoms with van der Waals surface area (Å²) in [5, 5.41) is 6.07. The molecule has 0 spiro atoms. The van der Waals surface area contributed by atoms with Gasteiger partial charge in [0, 0.05) is 0 Å². The second-order valence-corrected chi connectivity index (χ2v) is 4.75. The van der Waals surface area contributed by atoms with E-state index in [1.807, 2.05) is 6.92 Å². The first-order chi connectivity index (χ1) is 8.09. The summed E-state index contributed by atoms with van der Waals surface area (Å²) >= 11 is 11.6. The minimum absolute atomic E-state index is 0.129. The highest BCUT2D eigenvalue weighted by molar-refractivity contribution is 6.42. The molecule has 1 amide bonds. The molecule has 2 N–H and O–H groups in total. The molecule has 1 aromatic heterocycles. The van der Waals surface area contributed by atoms with Crippen LogP contribution in [0.3, 0.4) is 0 Å². The molecule has 0 aromatic carbocycles. The zero-order valence-corrected chi connectivity index (χ0v) is 10.7. The second-order valence-electron chi connectivity index (χ2n) is 4.01. The van der Waals surface area contributed by atoms with E-state index in [1.165, 1.54) is 6.33 Å². The average molecular weight is 275 g/mol. The van der Waals surface area contributed by atoms with Crippen molar-refractivity contribution in [2.24, 2.45) is 5.92 Å². The number of nitrogens with zero attached hydrogens (tertiary/aromatic N) is 2. The first-order valence-corrected chi connectivity index (χ1v) is 6.05. The van der Waals surface area contributed by atoms with Gasteiger partial charge in [0.25, 0.3) is 0 Å². The predicted octanol–water partition coefficient (Wildman–Crippen LogP) is 1.72. The van der Waals surface area contributed by atoms with Gasteiger partial charge in [-0.1, -0.05) is 30.1 Å². The number of hydrogen-bond acceptors (Lipinski definition) is 4. The summed E-state index contributed by atoms with van der Waals surface area (Å²) in [5.41, 5.74) is 0.